The summed E-state index contributed by atoms with van der Waals surface area (Å²) in [7, 11) is 2.03. The zero-order valence-corrected chi connectivity index (χ0v) is 14.1. The average molecular weight is 339 g/mol. The Balaban J connectivity index is 1.62. The number of carboxylic acids is 1. The molecule has 0 radical (unpaired) electrons. The van der Waals surface area contributed by atoms with Crippen LogP contribution in [0.5, 0.6) is 0 Å². The Morgan fingerprint density at radius 3 is 2.52 bits per heavy atom. The molecule has 2 amide bonds. The minimum Gasteiger partial charge on any atom is -0.478 e. The van der Waals surface area contributed by atoms with Crippen molar-refractivity contribution < 1.29 is 14.7 Å². The SMILES string of the molecule is CN1CCN(C(=O)NCc2ccc(C(=O)O)cc2)Cc2ccccc21. The highest BCUT2D eigenvalue weighted by Gasteiger charge is 2.20. The molecule has 0 aliphatic carbocycles. The zero-order valence-electron chi connectivity index (χ0n) is 14.1. The van der Waals surface area contributed by atoms with Crippen molar-refractivity contribution in [3.63, 3.8) is 0 Å². The second kappa shape index (κ2) is 7.25. The Morgan fingerprint density at radius 1 is 1.08 bits per heavy atom. The molecule has 1 heterocycles. The monoisotopic (exact) mass is 339 g/mol. The van der Waals surface area contributed by atoms with Crippen LogP contribution in [0.3, 0.4) is 0 Å². The number of amides is 2. The van der Waals surface area contributed by atoms with E-state index in [0.29, 0.717) is 19.6 Å². The molecule has 130 valence electrons. The molecule has 1 aliphatic heterocycles. The number of nitrogens with zero attached hydrogens (tertiary/aromatic N) is 2. The van der Waals surface area contributed by atoms with Crippen LogP contribution in [-0.4, -0.2) is 42.1 Å². The molecule has 0 aromatic heterocycles. The number of carbonyl (C=O) groups is 2. The van der Waals surface area contributed by atoms with Crippen molar-refractivity contribution >= 4 is 17.7 Å². The molecular weight excluding hydrogens is 318 g/mol. The third kappa shape index (κ3) is 3.91. The first-order chi connectivity index (χ1) is 12.0. The standard InChI is InChI=1S/C19H21N3O3/c1-21-10-11-22(13-16-4-2-3-5-17(16)21)19(25)20-12-14-6-8-15(9-7-14)18(23)24/h2-9H,10-13H2,1H3,(H,20,25)(H,23,24). The van der Waals surface area contributed by atoms with Crippen molar-refractivity contribution in [2.75, 3.05) is 25.0 Å². The van der Waals surface area contributed by atoms with Gasteiger partial charge in [-0.05, 0) is 29.3 Å². The average Bonchev–Trinajstić information content (AvgIpc) is 2.79. The van der Waals surface area contributed by atoms with Crippen molar-refractivity contribution in [1.29, 1.82) is 0 Å². The second-order valence-electron chi connectivity index (χ2n) is 6.13. The van der Waals surface area contributed by atoms with E-state index in [1.165, 1.54) is 0 Å². The smallest absolute Gasteiger partial charge is 0.335 e. The third-order valence-electron chi connectivity index (χ3n) is 4.40. The number of carboxylic acid groups (broad SMARTS) is 1. The molecule has 0 saturated heterocycles. The first-order valence-electron chi connectivity index (χ1n) is 8.18. The van der Waals surface area contributed by atoms with Gasteiger partial charge in [0, 0.05) is 38.9 Å². The topological polar surface area (TPSA) is 72.9 Å². The van der Waals surface area contributed by atoms with Crippen LogP contribution in [0.25, 0.3) is 0 Å². The van der Waals surface area contributed by atoms with Gasteiger partial charge in [0.25, 0.3) is 0 Å². The molecule has 6 heteroatoms. The Kier molecular flexibility index (Phi) is 4.88. The van der Waals surface area contributed by atoms with E-state index in [2.05, 4.69) is 16.3 Å². The van der Waals surface area contributed by atoms with Gasteiger partial charge in [-0.2, -0.15) is 0 Å². The lowest BCUT2D eigenvalue weighted by Crippen LogP contribution is -2.41. The van der Waals surface area contributed by atoms with Gasteiger partial charge in [0.1, 0.15) is 0 Å². The van der Waals surface area contributed by atoms with E-state index in [9.17, 15) is 9.59 Å². The molecule has 0 bridgehead atoms. The lowest BCUT2D eigenvalue weighted by atomic mass is 10.1. The fourth-order valence-electron chi connectivity index (χ4n) is 2.92. The van der Waals surface area contributed by atoms with Gasteiger partial charge in [-0.15, -0.1) is 0 Å². The number of hydrogen-bond donors (Lipinski definition) is 2. The number of urea groups is 1. The number of likely N-dealkylation sites (N-methyl/N-ethyl adjacent to an activating group) is 1. The molecule has 0 saturated carbocycles. The van der Waals surface area contributed by atoms with Gasteiger partial charge in [-0.3, -0.25) is 0 Å². The molecular formula is C19H21N3O3. The van der Waals surface area contributed by atoms with E-state index in [1.54, 1.807) is 29.2 Å². The quantitative estimate of drug-likeness (QED) is 0.901. The highest BCUT2D eigenvalue weighted by atomic mass is 16.4. The van der Waals surface area contributed by atoms with E-state index < -0.39 is 5.97 Å². The number of aromatic carboxylic acids is 1. The lowest BCUT2D eigenvalue weighted by Gasteiger charge is -2.21. The number of para-hydroxylation sites is 1. The van der Waals surface area contributed by atoms with Crippen molar-refractivity contribution in [2.45, 2.75) is 13.1 Å². The summed E-state index contributed by atoms with van der Waals surface area (Å²) in [6, 6.07) is 14.5. The van der Waals surface area contributed by atoms with Crippen LogP contribution in [-0.2, 0) is 13.1 Å². The summed E-state index contributed by atoms with van der Waals surface area (Å²) in [5, 5.41) is 11.8. The molecule has 0 unspecified atom stereocenters. The molecule has 2 N–H and O–H groups in total. The van der Waals surface area contributed by atoms with Crippen LogP contribution in [0.4, 0.5) is 10.5 Å². The summed E-state index contributed by atoms with van der Waals surface area (Å²) in [6.45, 7) is 2.36. The van der Waals surface area contributed by atoms with Gasteiger partial charge < -0.3 is 20.2 Å². The first kappa shape index (κ1) is 16.8. The third-order valence-corrected chi connectivity index (χ3v) is 4.40. The normalized spacial score (nSPS) is 13.8. The molecule has 0 fully saturated rings. The predicted molar refractivity (Wildman–Crippen MR) is 95.8 cm³/mol. The highest BCUT2D eigenvalue weighted by molar-refractivity contribution is 5.87. The number of hydrogen-bond acceptors (Lipinski definition) is 3. The summed E-state index contributed by atoms with van der Waals surface area (Å²) in [6.07, 6.45) is 0. The maximum Gasteiger partial charge on any atom is 0.335 e. The molecule has 25 heavy (non-hydrogen) atoms. The van der Waals surface area contributed by atoms with Crippen LogP contribution >= 0.6 is 0 Å². The van der Waals surface area contributed by atoms with Crippen LogP contribution in [0.2, 0.25) is 0 Å². The molecule has 3 rings (SSSR count). The number of fused-ring (bicyclic) bond motifs is 1. The summed E-state index contributed by atoms with van der Waals surface area (Å²) in [5.74, 6) is -0.956. The van der Waals surface area contributed by atoms with E-state index in [0.717, 1.165) is 23.4 Å². The van der Waals surface area contributed by atoms with E-state index in [1.807, 2.05) is 25.2 Å². The summed E-state index contributed by atoms with van der Waals surface area (Å²) >= 11 is 0. The maximum absolute atomic E-state index is 12.5. The van der Waals surface area contributed by atoms with Gasteiger partial charge >= 0.3 is 12.0 Å². The van der Waals surface area contributed by atoms with Crippen LogP contribution < -0.4 is 10.2 Å². The summed E-state index contributed by atoms with van der Waals surface area (Å²) in [5.41, 5.74) is 3.39. The number of benzene rings is 2. The molecule has 0 atom stereocenters. The first-order valence-corrected chi connectivity index (χ1v) is 8.18. The largest absolute Gasteiger partial charge is 0.478 e. The Hall–Kier alpha value is -3.02. The van der Waals surface area contributed by atoms with Crippen LogP contribution in [0.15, 0.2) is 48.5 Å². The lowest BCUT2D eigenvalue weighted by molar-refractivity contribution is 0.0697. The fraction of sp³-hybridized carbons (Fsp3) is 0.263. The van der Waals surface area contributed by atoms with Crippen LogP contribution in [0.1, 0.15) is 21.5 Å². The number of carbonyl (C=O) groups excluding carboxylic acids is 1. The second-order valence-corrected chi connectivity index (χ2v) is 6.13. The molecule has 1 aliphatic rings. The number of anilines is 1. The molecule has 2 aromatic carbocycles. The molecule has 6 nitrogen and oxygen atoms in total. The highest BCUT2D eigenvalue weighted by Crippen LogP contribution is 2.23. The van der Waals surface area contributed by atoms with E-state index in [-0.39, 0.29) is 11.6 Å². The van der Waals surface area contributed by atoms with E-state index >= 15 is 0 Å². The van der Waals surface area contributed by atoms with Crippen molar-refractivity contribution in [1.82, 2.24) is 10.2 Å². The Labute approximate surface area is 146 Å². The van der Waals surface area contributed by atoms with Crippen molar-refractivity contribution in [3.05, 3.63) is 65.2 Å². The number of nitrogens with one attached hydrogen (secondary N) is 1. The van der Waals surface area contributed by atoms with Gasteiger partial charge in [0.2, 0.25) is 0 Å². The number of rotatable bonds is 3. The summed E-state index contributed by atoms with van der Waals surface area (Å²) < 4.78 is 0. The minimum absolute atomic E-state index is 0.118. The van der Waals surface area contributed by atoms with Gasteiger partial charge in [-0.25, -0.2) is 9.59 Å². The van der Waals surface area contributed by atoms with E-state index in [4.69, 9.17) is 5.11 Å². The van der Waals surface area contributed by atoms with Crippen molar-refractivity contribution in [3.8, 4) is 0 Å². The maximum atomic E-state index is 12.5. The van der Waals surface area contributed by atoms with Crippen molar-refractivity contribution in [2.24, 2.45) is 0 Å². The Morgan fingerprint density at radius 2 is 1.80 bits per heavy atom. The predicted octanol–water partition coefficient (Wildman–Crippen LogP) is 2.55. The fourth-order valence-corrected chi connectivity index (χ4v) is 2.92. The minimum atomic E-state index is -0.956. The van der Waals surface area contributed by atoms with Gasteiger partial charge in [0.15, 0.2) is 0 Å². The van der Waals surface area contributed by atoms with Gasteiger partial charge in [-0.1, -0.05) is 30.3 Å². The summed E-state index contributed by atoms with van der Waals surface area (Å²) in [4.78, 5) is 27.3. The van der Waals surface area contributed by atoms with Gasteiger partial charge in [0.05, 0.1) is 5.56 Å². The molecule has 0 spiro atoms. The Bertz CT molecular complexity index is 774. The molecule has 2 aromatic rings. The van der Waals surface area contributed by atoms with Crippen LogP contribution in [0, 0.1) is 0 Å². The zero-order chi connectivity index (χ0) is 17.8.